The molecule has 0 heterocycles. The fourth-order valence-corrected chi connectivity index (χ4v) is 0.870. The van der Waals surface area contributed by atoms with Crippen LogP contribution in [0.25, 0.3) is 0 Å². The van der Waals surface area contributed by atoms with Crippen LogP contribution in [-0.2, 0) is 4.74 Å². The Morgan fingerprint density at radius 1 is 1.10 bits per heavy atom. The second kappa shape index (κ2) is 5.72. The Morgan fingerprint density at radius 3 is 2.10 bits per heavy atom. The summed E-state index contributed by atoms with van der Waals surface area (Å²) >= 11 is 0. The Hall–Kier alpha value is -0.0400. The Bertz CT molecular complexity index is 71.1. The summed E-state index contributed by atoms with van der Waals surface area (Å²) in [7, 11) is 0. The largest absolute Gasteiger partial charge is 0.381 e. The highest BCUT2D eigenvalue weighted by Crippen LogP contribution is 2.14. The molecule has 0 saturated carbocycles. The van der Waals surface area contributed by atoms with Crippen LogP contribution >= 0.6 is 0 Å². The van der Waals surface area contributed by atoms with Crippen molar-refractivity contribution in [3.05, 3.63) is 0 Å². The second-order valence-corrected chi connectivity index (χ2v) is 3.02. The first-order valence-corrected chi connectivity index (χ1v) is 4.30. The highest BCUT2D eigenvalue weighted by molar-refractivity contribution is 4.58. The van der Waals surface area contributed by atoms with Crippen LogP contribution in [0.2, 0.25) is 0 Å². The monoisotopic (exact) mass is 144 g/mol. The van der Waals surface area contributed by atoms with Gasteiger partial charge in [0, 0.05) is 13.2 Å². The Balaban J connectivity index is 3.31. The van der Waals surface area contributed by atoms with Crippen molar-refractivity contribution >= 4 is 0 Å². The van der Waals surface area contributed by atoms with Crippen LogP contribution < -0.4 is 0 Å². The van der Waals surface area contributed by atoms with E-state index >= 15 is 0 Å². The molecule has 0 aromatic carbocycles. The molecule has 0 aliphatic carbocycles. The first-order chi connectivity index (χ1) is 4.72. The Labute approximate surface area is 64.8 Å². The number of hydrogen-bond acceptors (Lipinski definition) is 1. The van der Waals surface area contributed by atoms with Crippen molar-refractivity contribution in [1.82, 2.24) is 0 Å². The lowest BCUT2D eigenvalue weighted by molar-refractivity contribution is 0.0957. The van der Waals surface area contributed by atoms with Crippen molar-refractivity contribution in [2.24, 2.45) is 11.8 Å². The van der Waals surface area contributed by atoms with Gasteiger partial charge < -0.3 is 4.74 Å². The van der Waals surface area contributed by atoms with E-state index in [9.17, 15) is 0 Å². The van der Waals surface area contributed by atoms with E-state index in [0.717, 1.165) is 19.1 Å². The van der Waals surface area contributed by atoms with Crippen LogP contribution in [0.3, 0.4) is 0 Å². The van der Waals surface area contributed by atoms with Crippen LogP contribution in [0.5, 0.6) is 0 Å². The predicted molar refractivity (Wildman–Crippen MR) is 45.1 cm³/mol. The maximum Gasteiger partial charge on any atom is 0.0494 e. The average molecular weight is 144 g/mol. The average Bonchev–Trinajstić information content (AvgIpc) is 1.98. The van der Waals surface area contributed by atoms with Crippen LogP contribution in [0.4, 0.5) is 0 Å². The molecule has 0 unspecified atom stereocenters. The van der Waals surface area contributed by atoms with Crippen LogP contribution in [0, 0.1) is 11.8 Å². The maximum absolute atomic E-state index is 5.32. The van der Waals surface area contributed by atoms with Gasteiger partial charge in [0.25, 0.3) is 0 Å². The molecule has 0 aromatic heterocycles. The summed E-state index contributed by atoms with van der Waals surface area (Å²) in [6, 6.07) is 0. The van der Waals surface area contributed by atoms with Crippen LogP contribution in [-0.4, -0.2) is 13.2 Å². The minimum absolute atomic E-state index is 0.713. The van der Waals surface area contributed by atoms with Gasteiger partial charge >= 0.3 is 0 Å². The number of ether oxygens (including phenoxy) is 1. The normalized spacial score (nSPS) is 16.8. The molecule has 0 fully saturated rings. The minimum atomic E-state index is 0.713. The quantitative estimate of drug-likeness (QED) is 0.576. The van der Waals surface area contributed by atoms with Gasteiger partial charge in [0.05, 0.1) is 0 Å². The molecule has 0 amide bonds. The van der Waals surface area contributed by atoms with Gasteiger partial charge in [-0.15, -0.1) is 0 Å². The molecule has 0 aliphatic heterocycles. The fourth-order valence-electron chi connectivity index (χ4n) is 0.870. The molecular weight excluding hydrogens is 124 g/mol. The first-order valence-electron chi connectivity index (χ1n) is 4.30. The Kier molecular flexibility index (Phi) is 5.70. The molecule has 0 saturated heterocycles. The van der Waals surface area contributed by atoms with Crippen LogP contribution in [0.1, 0.15) is 34.1 Å². The third kappa shape index (κ3) is 3.89. The van der Waals surface area contributed by atoms with Crippen molar-refractivity contribution in [2.45, 2.75) is 34.1 Å². The lowest BCUT2D eigenvalue weighted by atomic mass is 9.95. The minimum Gasteiger partial charge on any atom is -0.381 e. The smallest absolute Gasteiger partial charge is 0.0494 e. The van der Waals surface area contributed by atoms with Gasteiger partial charge in [-0.25, -0.2) is 0 Å². The zero-order chi connectivity index (χ0) is 7.98. The van der Waals surface area contributed by atoms with Gasteiger partial charge in [-0.3, -0.25) is 0 Å². The summed E-state index contributed by atoms with van der Waals surface area (Å²) in [5.41, 5.74) is 0. The lowest BCUT2D eigenvalue weighted by Gasteiger charge is -2.17. The van der Waals surface area contributed by atoms with Crippen molar-refractivity contribution in [2.75, 3.05) is 13.2 Å². The van der Waals surface area contributed by atoms with Crippen molar-refractivity contribution < 1.29 is 4.74 Å². The molecule has 0 spiro atoms. The van der Waals surface area contributed by atoms with E-state index in [0.29, 0.717) is 5.92 Å². The van der Waals surface area contributed by atoms with Crippen molar-refractivity contribution in [3.63, 3.8) is 0 Å². The Morgan fingerprint density at radius 2 is 1.70 bits per heavy atom. The molecule has 1 heteroatoms. The van der Waals surface area contributed by atoms with Gasteiger partial charge in [-0.1, -0.05) is 27.2 Å². The molecule has 0 aromatic rings. The fraction of sp³-hybridized carbons (Fsp3) is 1.00. The summed E-state index contributed by atoms with van der Waals surface area (Å²) in [5, 5.41) is 0. The standard InChI is InChI=1S/C9H20O/c1-5-8(3)9(4)7-10-6-2/h8-9H,5-7H2,1-4H3/t8-,9-/m0/s1. The molecule has 1 nitrogen and oxygen atoms in total. The highest BCUT2D eigenvalue weighted by Gasteiger charge is 2.08. The summed E-state index contributed by atoms with van der Waals surface area (Å²) < 4.78 is 5.32. The molecule has 0 bridgehead atoms. The summed E-state index contributed by atoms with van der Waals surface area (Å²) in [5.74, 6) is 1.51. The van der Waals surface area contributed by atoms with E-state index in [2.05, 4.69) is 20.8 Å². The molecule has 0 N–H and O–H groups in total. The number of hydrogen-bond donors (Lipinski definition) is 0. The summed E-state index contributed by atoms with van der Waals surface area (Å²) in [4.78, 5) is 0. The third-order valence-electron chi connectivity index (χ3n) is 2.20. The van der Waals surface area contributed by atoms with Gasteiger partial charge in [0.1, 0.15) is 0 Å². The molecular formula is C9H20O. The van der Waals surface area contributed by atoms with E-state index in [1.54, 1.807) is 0 Å². The van der Waals surface area contributed by atoms with Crippen molar-refractivity contribution in [3.8, 4) is 0 Å². The highest BCUT2D eigenvalue weighted by atomic mass is 16.5. The predicted octanol–water partition coefficient (Wildman–Crippen LogP) is 2.71. The van der Waals surface area contributed by atoms with Crippen molar-refractivity contribution in [1.29, 1.82) is 0 Å². The van der Waals surface area contributed by atoms with Crippen LogP contribution in [0.15, 0.2) is 0 Å². The van der Waals surface area contributed by atoms with Gasteiger partial charge in [0.2, 0.25) is 0 Å². The zero-order valence-electron chi connectivity index (χ0n) is 7.68. The molecule has 0 radical (unpaired) electrons. The molecule has 62 valence electrons. The van der Waals surface area contributed by atoms with Gasteiger partial charge in [-0.05, 0) is 18.8 Å². The van der Waals surface area contributed by atoms with E-state index in [-0.39, 0.29) is 0 Å². The van der Waals surface area contributed by atoms with E-state index < -0.39 is 0 Å². The lowest BCUT2D eigenvalue weighted by Crippen LogP contribution is -2.13. The number of rotatable bonds is 5. The maximum atomic E-state index is 5.32. The third-order valence-corrected chi connectivity index (χ3v) is 2.20. The summed E-state index contributed by atoms with van der Waals surface area (Å²) in [6.45, 7) is 10.6. The first kappa shape index (κ1) is 9.96. The molecule has 10 heavy (non-hydrogen) atoms. The topological polar surface area (TPSA) is 9.23 Å². The van der Waals surface area contributed by atoms with Gasteiger partial charge in [-0.2, -0.15) is 0 Å². The molecule has 2 atom stereocenters. The SMILES string of the molecule is CCOC[C@H](C)[C@@H](C)CC. The molecule has 0 rings (SSSR count). The zero-order valence-corrected chi connectivity index (χ0v) is 7.68. The second-order valence-electron chi connectivity index (χ2n) is 3.02. The molecule has 0 aliphatic rings. The van der Waals surface area contributed by atoms with E-state index in [1.165, 1.54) is 6.42 Å². The summed E-state index contributed by atoms with van der Waals surface area (Å²) in [6.07, 6.45) is 1.26. The van der Waals surface area contributed by atoms with Gasteiger partial charge in [0.15, 0.2) is 0 Å². The van der Waals surface area contributed by atoms with E-state index in [4.69, 9.17) is 4.74 Å². The van der Waals surface area contributed by atoms with E-state index in [1.807, 2.05) is 6.92 Å².